The second-order valence-electron chi connectivity index (χ2n) is 5.69. The summed E-state index contributed by atoms with van der Waals surface area (Å²) in [6.45, 7) is 5.09. The van der Waals surface area contributed by atoms with Gasteiger partial charge in [-0.15, -0.1) is 0 Å². The van der Waals surface area contributed by atoms with Crippen molar-refractivity contribution in [1.82, 2.24) is 4.90 Å². The van der Waals surface area contributed by atoms with Gasteiger partial charge >= 0.3 is 5.97 Å². The molecule has 1 atom stereocenters. The topological polar surface area (TPSA) is 40.5 Å². The van der Waals surface area contributed by atoms with E-state index in [1.807, 2.05) is 0 Å². The molecule has 0 bridgehead atoms. The highest BCUT2D eigenvalue weighted by Gasteiger charge is 2.22. The fraction of sp³-hybridized carbons (Fsp3) is 0.471. The molecule has 0 saturated carbocycles. The molecular formula is C17H22FNO2. The molecule has 0 spiro atoms. The zero-order valence-electron chi connectivity index (χ0n) is 12.4. The fourth-order valence-electron chi connectivity index (χ4n) is 2.97. The van der Waals surface area contributed by atoms with Gasteiger partial charge in [-0.1, -0.05) is 19.4 Å². The molecule has 0 aliphatic carbocycles. The quantitative estimate of drug-likeness (QED) is 0.815. The number of aliphatic carboxylic acids is 1. The van der Waals surface area contributed by atoms with Gasteiger partial charge in [0.15, 0.2) is 0 Å². The molecule has 1 saturated heterocycles. The van der Waals surface area contributed by atoms with E-state index in [1.54, 1.807) is 6.07 Å². The van der Waals surface area contributed by atoms with Crippen molar-refractivity contribution < 1.29 is 14.3 Å². The number of halogens is 1. The smallest absolute Gasteiger partial charge is 0.328 e. The molecule has 1 unspecified atom stereocenters. The molecule has 21 heavy (non-hydrogen) atoms. The summed E-state index contributed by atoms with van der Waals surface area (Å²) < 4.78 is 13.4. The molecule has 2 rings (SSSR count). The van der Waals surface area contributed by atoms with Crippen LogP contribution in [0.15, 0.2) is 24.3 Å². The van der Waals surface area contributed by atoms with Crippen molar-refractivity contribution in [2.75, 3.05) is 13.1 Å². The second kappa shape index (κ2) is 7.36. The van der Waals surface area contributed by atoms with Crippen LogP contribution in [0.3, 0.4) is 0 Å². The number of hydrogen-bond donors (Lipinski definition) is 1. The van der Waals surface area contributed by atoms with Crippen LogP contribution in [0, 0.1) is 11.7 Å². The van der Waals surface area contributed by atoms with Crippen molar-refractivity contribution in [2.24, 2.45) is 5.92 Å². The van der Waals surface area contributed by atoms with E-state index >= 15 is 0 Å². The van der Waals surface area contributed by atoms with Gasteiger partial charge in [-0.3, -0.25) is 4.90 Å². The number of carboxylic acid groups (broad SMARTS) is 1. The molecule has 0 aromatic heterocycles. The molecule has 1 N–H and O–H groups in total. The summed E-state index contributed by atoms with van der Waals surface area (Å²) in [5.74, 6) is -0.600. The molecule has 4 heteroatoms. The maximum absolute atomic E-state index is 13.4. The maximum Gasteiger partial charge on any atom is 0.328 e. The van der Waals surface area contributed by atoms with Gasteiger partial charge in [-0.05, 0) is 54.6 Å². The zero-order valence-corrected chi connectivity index (χ0v) is 12.4. The van der Waals surface area contributed by atoms with Crippen molar-refractivity contribution in [3.05, 3.63) is 41.2 Å². The molecule has 1 heterocycles. The van der Waals surface area contributed by atoms with Gasteiger partial charge in [-0.25, -0.2) is 9.18 Å². The van der Waals surface area contributed by atoms with E-state index in [9.17, 15) is 9.18 Å². The molecule has 1 fully saturated rings. The zero-order chi connectivity index (χ0) is 15.2. The van der Waals surface area contributed by atoms with Gasteiger partial charge in [0.05, 0.1) is 0 Å². The summed E-state index contributed by atoms with van der Waals surface area (Å²) in [6.07, 6.45) is 6.21. The number of carbonyl (C=O) groups is 1. The number of hydrogen-bond acceptors (Lipinski definition) is 2. The Labute approximate surface area is 125 Å². The van der Waals surface area contributed by atoms with Crippen LogP contribution in [0.25, 0.3) is 6.08 Å². The number of rotatable bonds is 6. The lowest BCUT2D eigenvalue weighted by molar-refractivity contribution is -0.131. The molecule has 114 valence electrons. The van der Waals surface area contributed by atoms with E-state index in [-0.39, 0.29) is 5.82 Å². The molecule has 1 aliphatic rings. The summed E-state index contributed by atoms with van der Waals surface area (Å²) in [5.41, 5.74) is 1.63. The lowest BCUT2D eigenvalue weighted by Crippen LogP contribution is -2.20. The van der Waals surface area contributed by atoms with E-state index in [4.69, 9.17) is 5.11 Å². The first-order valence-electron chi connectivity index (χ1n) is 7.50. The average molecular weight is 291 g/mol. The highest BCUT2D eigenvalue weighted by molar-refractivity contribution is 5.85. The van der Waals surface area contributed by atoms with E-state index in [0.717, 1.165) is 37.2 Å². The van der Waals surface area contributed by atoms with Crippen LogP contribution < -0.4 is 0 Å². The Balaban J connectivity index is 2.07. The maximum atomic E-state index is 13.4. The fourth-order valence-corrected chi connectivity index (χ4v) is 2.97. The van der Waals surface area contributed by atoms with Crippen LogP contribution in [-0.4, -0.2) is 29.1 Å². The van der Waals surface area contributed by atoms with Crippen LogP contribution in [-0.2, 0) is 11.3 Å². The van der Waals surface area contributed by atoms with Crippen molar-refractivity contribution in [2.45, 2.75) is 32.7 Å². The highest BCUT2D eigenvalue weighted by atomic mass is 19.1. The largest absolute Gasteiger partial charge is 0.478 e. The Morgan fingerprint density at radius 3 is 3.05 bits per heavy atom. The van der Waals surface area contributed by atoms with E-state index in [2.05, 4.69) is 11.8 Å². The molecule has 0 amide bonds. The van der Waals surface area contributed by atoms with Gasteiger partial charge in [0.2, 0.25) is 0 Å². The van der Waals surface area contributed by atoms with Crippen molar-refractivity contribution in [3.8, 4) is 0 Å². The standard InChI is InChI=1S/C17H22FNO2/c1-2-3-13-8-9-19(11-13)12-15-4-6-16(18)10-14(15)5-7-17(20)21/h4-7,10,13H,2-3,8-9,11-12H2,1H3,(H,20,21)/b7-5+. The molecule has 1 aromatic carbocycles. The molecule has 3 nitrogen and oxygen atoms in total. The predicted molar refractivity (Wildman–Crippen MR) is 81.4 cm³/mol. The summed E-state index contributed by atoms with van der Waals surface area (Å²) >= 11 is 0. The lowest BCUT2D eigenvalue weighted by Gasteiger charge is -2.17. The van der Waals surface area contributed by atoms with Gasteiger partial charge in [0.1, 0.15) is 5.82 Å². The Morgan fingerprint density at radius 1 is 1.52 bits per heavy atom. The molecule has 1 aliphatic heterocycles. The third-order valence-electron chi connectivity index (χ3n) is 3.97. The highest BCUT2D eigenvalue weighted by Crippen LogP contribution is 2.24. The minimum Gasteiger partial charge on any atom is -0.478 e. The lowest BCUT2D eigenvalue weighted by atomic mass is 10.0. The number of carboxylic acids is 1. The third kappa shape index (κ3) is 4.67. The van der Waals surface area contributed by atoms with Crippen LogP contribution in [0.5, 0.6) is 0 Å². The van der Waals surface area contributed by atoms with E-state index in [1.165, 1.54) is 37.5 Å². The van der Waals surface area contributed by atoms with Crippen LogP contribution in [0.2, 0.25) is 0 Å². The van der Waals surface area contributed by atoms with Crippen molar-refractivity contribution >= 4 is 12.0 Å². The predicted octanol–water partition coefficient (Wildman–Crippen LogP) is 3.55. The molecular weight excluding hydrogens is 269 g/mol. The first kappa shape index (κ1) is 15.7. The van der Waals surface area contributed by atoms with E-state index < -0.39 is 5.97 Å². The van der Waals surface area contributed by atoms with Crippen molar-refractivity contribution in [3.63, 3.8) is 0 Å². The van der Waals surface area contributed by atoms with Gasteiger partial charge in [0, 0.05) is 19.2 Å². The minimum atomic E-state index is -1.02. The van der Waals surface area contributed by atoms with Gasteiger partial charge < -0.3 is 5.11 Å². The molecule has 1 aromatic rings. The number of benzene rings is 1. The summed E-state index contributed by atoms with van der Waals surface area (Å²) in [5, 5.41) is 8.72. The Morgan fingerprint density at radius 2 is 2.33 bits per heavy atom. The number of likely N-dealkylation sites (tertiary alicyclic amines) is 1. The normalized spacial score (nSPS) is 19.4. The summed E-state index contributed by atoms with van der Waals surface area (Å²) in [6, 6.07) is 4.59. The van der Waals surface area contributed by atoms with Crippen LogP contribution >= 0.6 is 0 Å². The average Bonchev–Trinajstić information content (AvgIpc) is 2.87. The first-order chi connectivity index (χ1) is 10.1. The summed E-state index contributed by atoms with van der Waals surface area (Å²) in [7, 11) is 0. The molecule has 0 radical (unpaired) electrons. The van der Waals surface area contributed by atoms with Gasteiger partial charge in [-0.2, -0.15) is 0 Å². The van der Waals surface area contributed by atoms with Gasteiger partial charge in [0.25, 0.3) is 0 Å². The van der Waals surface area contributed by atoms with Crippen LogP contribution in [0.4, 0.5) is 4.39 Å². The monoisotopic (exact) mass is 291 g/mol. The Bertz CT molecular complexity index is 528. The Hall–Kier alpha value is -1.68. The SMILES string of the molecule is CCCC1CCN(Cc2ccc(F)cc2/C=C/C(=O)O)C1. The van der Waals surface area contributed by atoms with Crippen LogP contribution in [0.1, 0.15) is 37.3 Å². The third-order valence-corrected chi connectivity index (χ3v) is 3.97. The van der Waals surface area contributed by atoms with E-state index in [0.29, 0.717) is 5.56 Å². The second-order valence-corrected chi connectivity index (χ2v) is 5.69. The minimum absolute atomic E-state index is 0.339. The summed E-state index contributed by atoms with van der Waals surface area (Å²) in [4.78, 5) is 13.0. The van der Waals surface area contributed by atoms with Crippen molar-refractivity contribution in [1.29, 1.82) is 0 Å². The Kier molecular flexibility index (Phi) is 5.51. The first-order valence-corrected chi connectivity index (χ1v) is 7.50. The number of nitrogens with zero attached hydrogens (tertiary/aromatic N) is 1.